The summed E-state index contributed by atoms with van der Waals surface area (Å²) in [6.45, 7) is 5.27. The van der Waals surface area contributed by atoms with E-state index in [9.17, 15) is 29.4 Å². The lowest BCUT2D eigenvalue weighted by Gasteiger charge is -2.26. The highest BCUT2D eigenvalue weighted by Crippen LogP contribution is 2.19. The van der Waals surface area contributed by atoms with Crippen LogP contribution in [-0.2, 0) is 20.8 Å². The maximum atomic E-state index is 13.3. The van der Waals surface area contributed by atoms with Gasteiger partial charge in [-0.15, -0.1) is 0 Å². The third-order valence-electron chi connectivity index (χ3n) is 5.77. The standard InChI is InChI=1S/C27H35N3O6S/c1-16(2)23(30-24(32)19-11-10-17(3)14-22(19)31)26(34)29-21(15-18-8-6-5-7-9-18)25(33)28-20(27(35)36)12-13-37-4/h5-11,14,16,20-21,23,31H,12-13,15H2,1-4H3,(H,28,33)(H,29,34)(H,30,32)(H,35,36)/t20-,21-,23-/m0/s1. The Morgan fingerprint density at radius 3 is 2.14 bits per heavy atom. The van der Waals surface area contributed by atoms with Gasteiger partial charge in [0.1, 0.15) is 23.9 Å². The number of hydrogen-bond donors (Lipinski definition) is 5. The molecular formula is C27H35N3O6S. The molecule has 2 aromatic rings. The summed E-state index contributed by atoms with van der Waals surface area (Å²) in [4.78, 5) is 51.0. The van der Waals surface area contributed by atoms with Crippen molar-refractivity contribution >= 4 is 35.5 Å². The third kappa shape index (κ3) is 9.13. The molecule has 0 aliphatic carbocycles. The molecule has 2 aromatic carbocycles. The van der Waals surface area contributed by atoms with Gasteiger partial charge in [0.25, 0.3) is 5.91 Å². The molecule has 0 spiro atoms. The summed E-state index contributed by atoms with van der Waals surface area (Å²) in [7, 11) is 0. The number of thioether (sulfide) groups is 1. The Labute approximate surface area is 221 Å². The minimum atomic E-state index is -1.16. The summed E-state index contributed by atoms with van der Waals surface area (Å²) in [5.74, 6) is -3.01. The number of carbonyl (C=O) groups is 4. The number of phenols is 1. The van der Waals surface area contributed by atoms with Crippen LogP contribution in [0.3, 0.4) is 0 Å². The van der Waals surface area contributed by atoms with E-state index in [0.717, 1.165) is 11.1 Å². The summed E-state index contributed by atoms with van der Waals surface area (Å²) in [6, 6.07) is 10.5. The first kappa shape index (κ1) is 29.7. The number of rotatable bonds is 13. The molecule has 9 nitrogen and oxygen atoms in total. The summed E-state index contributed by atoms with van der Waals surface area (Å²) in [6.07, 6.45) is 2.21. The Bertz CT molecular complexity index is 1090. The van der Waals surface area contributed by atoms with Gasteiger partial charge in [0, 0.05) is 6.42 Å². The minimum Gasteiger partial charge on any atom is -0.507 e. The molecule has 0 radical (unpaired) electrons. The average molecular weight is 530 g/mol. The van der Waals surface area contributed by atoms with E-state index < -0.39 is 41.8 Å². The second-order valence-corrected chi connectivity index (χ2v) is 10.1. The number of carboxylic acids is 1. The first-order chi connectivity index (χ1) is 17.5. The molecule has 200 valence electrons. The smallest absolute Gasteiger partial charge is 0.326 e. The van der Waals surface area contributed by atoms with E-state index in [1.54, 1.807) is 51.1 Å². The van der Waals surface area contributed by atoms with Crippen molar-refractivity contribution in [2.24, 2.45) is 5.92 Å². The lowest BCUT2D eigenvalue weighted by molar-refractivity contribution is -0.142. The number of aryl methyl sites for hydroxylation is 1. The second kappa shape index (κ2) is 14.3. The normalized spacial score (nSPS) is 13.3. The van der Waals surface area contributed by atoms with Crippen LogP contribution in [0.15, 0.2) is 48.5 Å². The largest absolute Gasteiger partial charge is 0.507 e. The van der Waals surface area contributed by atoms with E-state index in [1.165, 1.54) is 23.9 Å². The number of aliphatic carboxylic acids is 1. The number of hydrogen-bond acceptors (Lipinski definition) is 6. The van der Waals surface area contributed by atoms with E-state index in [-0.39, 0.29) is 30.1 Å². The van der Waals surface area contributed by atoms with Crippen molar-refractivity contribution in [2.45, 2.75) is 51.7 Å². The maximum absolute atomic E-state index is 13.3. The van der Waals surface area contributed by atoms with Gasteiger partial charge in [-0.05, 0) is 54.5 Å². The number of carboxylic acid groups (broad SMARTS) is 1. The number of aromatic hydroxyl groups is 1. The molecule has 10 heteroatoms. The second-order valence-electron chi connectivity index (χ2n) is 9.15. The fraction of sp³-hybridized carbons (Fsp3) is 0.407. The molecule has 0 bridgehead atoms. The van der Waals surface area contributed by atoms with Gasteiger partial charge in [-0.25, -0.2) is 4.79 Å². The Hall–Kier alpha value is -3.53. The van der Waals surface area contributed by atoms with Crippen LogP contribution in [-0.4, -0.2) is 64.0 Å². The van der Waals surface area contributed by atoms with E-state index in [1.807, 2.05) is 12.3 Å². The molecule has 3 amide bonds. The maximum Gasteiger partial charge on any atom is 0.326 e. The Kier molecular flexibility index (Phi) is 11.5. The molecule has 3 atom stereocenters. The zero-order valence-electron chi connectivity index (χ0n) is 21.5. The molecule has 0 saturated carbocycles. The number of amides is 3. The third-order valence-corrected chi connectivity index (χ3v) is 6.42. The van der Waals surface area contributed by atoms with Crippen LogP contribution in [0.4, 0.5) is 0 Å². The molecule has 0 aliphatic rings. The lowest BCUT2D eigenvalue weighted by atomic mass is 10.00. The summed E-state index contributed by atoms with van der Waals surface area (Å²) in [5, 5.41) is 27.6. The Balaban J connectivity index is 2.24. The first-order valence-electron chi connectivity index (χ1n) is 12.0. The van der Waals surface area contributed by atoms with Gasteiger partial charge >= 0.3 is 5.97 Å². The Morgan fingerprint density at radius 1 is 0.919 bits per heavy atom. The minimum absolute atomic E-state index is 0.0284. The highest BCUT2D eigenvalue weighted by atomic mass is 32.2. The summed E-state index contributed by atoms with van der Waals surface area (Å²) < 4.78 is 0. The van der Waals surface area contributed by atoms with Crippen LogP contribution in [0.2, 0.25) is 0 Å². The molecular weight excluding hydrogens is 494 g/mol. The van der Waals surface area contributed by atoms with Gasteiger partial charge in [-0.2, -0.15) is 11.8 Å². The van der Waals surface area contributed by atoms with Crippen molar-refractivity contribution < 1.29 is 29.4 Å². The zero-order chi connectivity index (χ0) is 27.5. The van der Waals surface area contributed by atoms with Crippen LogP contribution in [0, 0.1) is 12.8 Å². The van der Waals surface area contributed by atoms with Crippen LogP contribution in [0.1, 0.15) is 41.8 Å². The van der Waals surface area contributed by atoms with Crippen LogP contribution in [0.25, 0.3) is 0 Å². The number of nitrogens with one attached hydrogen (secondary N) is 3. The average Bonchev–Trinajstić information content (AvgIpc) is 2.84. The van der Waals surface area contributed by atoms with E-state index in [0.29, 0.717) is 5.75 Å². The molecule has 0 fully saturated rings. The number of carbonyl (C=O) groups excluding carboxylic acids is 3. The van der Waals surface area contributed by atoms with Gasteiger partial charge in [0.2, 0.25) is 11.8 Å². The van der Waals surface area contributed by atoms with E-state index in [4.69, 9.17) is 0 Å². The molecule has 0 aliphatic heterocycles. The van der Waals surface area contributed by atoms with Crippen molar-refractivity contribution in [3.05, 3.63) is 65.2 Å². The molecule has 0 unspecified atom stereocenters. The van der Waals surface area contributed by atoms with E-state index in [2.05, 4.69) is 16.0 Å². The summed E-state index contributed by atoms with van der Waals surface area (Å²) in [5.41, 5.74) is 1.58. The topological polar surface area (TPSA) is 145 Å². The van der Waals surface area contributed by atoms with Crippen molar-refractivity contribution in [3.8, 4) is 5.75 Å². The monoisotopic (exact) mass is 529 g/mol. The molecule has 37 heavy (non-hydrogen) atoms. The lowest BCUT2D eigenvalue weighted by Crippen LogP contribution is -2.57. The van der Waals surface area contributed by atoms with Gasteiger partial charge in [-0.3, -0.25) is 14.4 Å². The molecule has 0 saturated heterocycles. The molecule has 5 N–H and O–H groups in total. The van der Waals surface area contributed by atoms with Crippen molar-refractivity contribution in [1.29, 1.82) is 0 Å². The van der Waals surface area contributed by atoms with Crippen molar-refractivity contribution in [2.75, 3.05) is 12.0 Å². The van der Waals surface area contributed by atoms with Crippen LogP contribution in [0.5, 0.6) is 5.75 Å². The number of phenolic OH excluding ortho intramolecular Hbond substituents is 1. The predicted molar refractivity (Wildman–Crippen MR) is 144 cm³/mol. The first-order valence-corrected chi connectivity index (χ1v) is 13.4. The van der Waals surface area contributed by atoms with Crippen molar-refractivity contribution in [1.82, 2.24) is 16.0 Å². The summed E-state index contributed by atoms with van der Waals surface area (Å²) >= 11 is 1.47. The quantitative estimate of drug-likeness (QED) is 0.268. The zero-order valence-corrected chi connectivity index (χ0v) is 22.3. The predicted octanol–water partition coefficient (Wildman–Crippen LogP) is 2.51. The van der Waals surface area contributed by atoms with Crippen LogP contribution < -0.4 is 16.0 Å². The van der Waals surface area contributed by atoms with Crippen LogP contribution >= 0.6 is 11.8 Å². The van der Waals surface area contributed by atoms with Crippen molar-refractivity contribution in [3.63, 3.8) is 0 Å². The van der Waals surface area contributed by atoms with E-state index >= 15 is 0 Å². The van der Waals surface area contributed by atoms with Gasteiger partial charge in [0.15, 0.2) is 0 Å². The molecule has 0 heterocycles. The van der Waals surface area contributed by atoms with Gasteiger partial charge < -0.3 is 26.2 Å². The van der Waals surface area contributed by atoms with Gasteiger partial charge in [0.05, 0.1) is 5.56 Å². The molecule has 0 aromatic heterocycles. The highest BCUT2D eigenvalue weighted by Gasteiger charge is 2.31. The highest BCUT2D eigenvalue weighted by molar-refractivity contribution is 7.98. The fourth-order valence-corrected chi connectivity index (χ4v) is 4.15. The SMILES string of the molecule is CSCC[C@H](NC(=O)[C@H](Cc1ccccc1)NC(=O)[C@@H](NC(=O)c1ccc(C)cc1O)C(C)C)C(=O)O. The molecule has 2 rings (SSSR count). The number of benzene rings is 2. The van der Waals surface area contributed by atoms with Gasteiger partial charge in [-0.1, -0.05) is 50.2 Å². The Morgan fingerprint density at radius 2 is 1.57 bits per heavy atom. The fourth-order valence-electron chi connectivity index (χ4n) is 3.67.